The Labute approximate surface area is 122 Å². The molecule has 2 atom stereocenters. The van der Waals surface area contributed by atoms with Gasteiger partial charge in [-0.1, -0.05) is 0 Å². The summed E-state index contributed by atoms with van der Waals surface area (Å²) in [4.78, 5) is 28.4. The van der Waals surface area contributed by atoms with Crippen LogP contribution < -0.4 is 0 Å². The van der Waals surface area contributed by atoms with E-state index >= 15 is 0 Å². The number of likely N-dealkylation sites (N-methyl/N-ethyl adjacent to an activating group) is 1. The van der Waals surface area contributed by atoms with Crippen LogP contribution in [0.15, 0.2) is 18.3 Å². The third-order valence-electron chi connectivity index (χ3n) is 5.21. The number of amides is 2. The lowest BCUT2D eigenvalue weighted by atomic mass is 9.81. The SMILES string of the molecule is CN1C(=O)c2cccn2[C@@H]2CN(C(=O)C3CC(O)C3)C[C@@H]21. The first kappa shape index (κ1) is 12.9. The van der Waals surface area contributed by atoms with Crippen LogP contribution in [0.2, 0.25) is 0 Å². The van der Waals surface area contributed by atoms with Crippen molar-refractivity contribution in [3.8, 4) is 0 Å². The van der Waals surface area contributed by atoms with E-state index in [-0.39, 0.29) is 35.9 Å². The minimum absolute atomic E-state index is 0.0228. The molecule has 0 bridgehead atoms. The number of hydrogen-bond acceptors (Lipinski definition) is 3. The molecular weight excluding hydrogens is 270 g/mol. The maximum absolute atomic E-state index is 12.5. The Hall–Kier alpha value is -1.82. The zero-order valence-electron chi connectivity index (χ0n) is 12.0. The maximum atomic E-state index is 12.5. The molecule has 0 aromatic carbocycles. The molecule has 4 rings (SSSR count). The molecule has 3 heterocycles. The van der Waals surface area contributed by atoms with Gasteiger partial charge in [-0.05, 0) is 25.0 Å². The van der Waals surface area contributed by atoms with Gasteiger partial charge in [-0.25, -0.2) is 0 Å². The number of aromatic nitrogens is 1. The van der Waals surface area contributed by atoms with Crippen LogP contribution in [0.1, 0.15) is 29.4 Å². The molecule has 2 fully saturated rings. The molecule has 112 valence electrons. The van der Waals surface area contributed by atoms with Crippen LogP contribution in [0.3, 0.4) is 0 Å². The predicted octanol–water partition coefficient (Wildman–Crippen LogP) is 0.0965. The highest BCUT2D eigenvalue weighted by atomic mass is 16.3. The molecule has 2 aliphatic heterocycles. The number of aliphatic hydroxyl groups is 1. The van der Waals surface area contributed by atoms with Gasteiger partial charge in [0.1, 0.15) is 5.69 Å². The zero-order valence-corrected chi connectivity index (χ0v) is 12.0. The van der Waals surface area contributed by atoms with Crippen LogP contribution in [-0.4, -0.2) is 63.6 Å². The number of likely N-dealkylation sites (tertiary alicyclic amines) is 1. The Balaban J connectivity index is 1.58. The van der Waals surface area contributed by atoms with E-state index in [4.69, 9.17) is 0 Å². The Bertz CT molecular complexity index is 605. The summed E-state index contributed by atoms with van der Waals surface area (Å²) >= 11 is 0. The molecule has 1 N–H and O–H groups in total. The lowest BCUT2D eigenvalue weighted by molar-refractivity contribution is -0.141. The normalized spacial score (nSPS) is 34.5. The van der Waals surface area contributed by atoms with Crippen LogP contribution in [0.5, 0.6) is 0 Å². The summed E-state index contributed by atoms with van der Waals surface area (Å²) in [6, 6.07) is 3.91. The van der Waals surface area contributed by atoms with Gasteiger partial charge < -0.3 is 19.5 Å². The second-order valence-corrected chi connectivity index (χ2v) is 6.42. The van der Waals surface area contributed by atoms with E-state index in [1.807, 2.05) is 34.8 Å². The van der Waals surface area contributed by atoms with Gasteiger partial charge in [0.25, 0.3) is 5.91 Å². The fourth-order valence-electron chi connectivity index (χ4n) is 3.85. The first-order chi connectivity index (χ1) is 10.1. The standard InChI is InChI=1S/C15H19N3O3/c1-16-12-7-17(14(20)9-5-10(19)6-9)8-13(12)18-4-2-3-11(18)15(16)21/h2-4,9-10,12-13,19H,5-8H2,1H3/t9?,10?,12-,13+/m0/s1. The van der Waals surface area contributed by atoms with Gasteiger partial charge in [-0.15, -0.1) is 0 Å². The monoisotopic (exact) mass is 289 g/mol. The lowest BCUT2D eigenvalue weighted by Gasteiger charge is -2.35. The Morgan fingerprint density at radius 2 is 2.00 bits per heavy atom. The highest BCUT2D eigenvalue weighted by Gasteiger charge is 2.47. The lowest BCUT2D eigenvalue weighted by Crippen LogP contribution is -2.48. The first-order valence-corrected chi connectivity index (χ1v) is 7.47. The number of fused-ring (bicyclic) bond motifs is 3. The molecule has 1 aromatic heterocycles. The third-order valence-corrected chi connectivity index (χ3v) is 5.21. The van der Waals surface area contributed by atoms with Crippen LogP contribution >= 0.6 is 0 Å². The van der Waals surface area contributed by atoms with Crippen LogP contribution in [-0.2, 0) is 4.79 Å². The molecule has 6 nitrogen and oxygen atoms in total. The molecule has 0 unspecified atom stereocenters. The summed E-state index contributed by atoms with van der Waals surface area (Å²) < 4.78 is 2.01. The van der Waals surface area contributed by atoms with Gasteiger partial charge in [-0.3, -0.25) is 9.59 Å². The highest BCUT2D eigenvalue weighted by molar-refractivity contribution is 5.94. The van der Waals surface area contributed by atoms with Crippen molar-refractivity contribution in [3.05, 3.63) is 24.0 Å². The molecule has 1 saturated carbocycles. The van der Waals surface area contributed by atoms with E-state index in [2.05, 4.69) is 0 Å². The van der Waals surface area contributed by atoms with Gasteiger partial charge in [-0.2, -0.15) is 0 Å². The largest absolute Gasteiger partial charge is 0.393 e. The summed E-state index contributed by atoms with van der Waals surface area (Å²) in [5.74, 6) is 0.115. The summed E-state index contributed by atoms with van der Waals surface area (Å²) in [7, 11) is 1.82. The second-order valence-electron chi connectivity index (χ2n) is 6.42. The number of aliphatic hydroxyl groups excluding tert-OH is 1. The van der Waals surface area contributed by atoms with Crippen molar-refractivity contribution in [1.82, 2.24) is 14.4 Å². The van der Waals surface area contributed by atoms with E-state index < -0.39 is 0 Å². The van der Waals surface area contributed by atoms with Gasteiger partial charge in [0.05, 0.1) is 18.2 Å². The fraction of sp³-hybridized carbons (Fsp3) is 0.600. The van der Waals surface area contributed by atoms with E-state index in [9.17, 15) is 14.7 Å². The molecule has 0 spiro atoms. The topological polar surface area (TPSA) is 65.8 Å². The third kappa shape index (κ3) is 1.75. The van der Waals surface area contributed by atoms with Crippen molar-refractivity contribution >= 4 is 11.8 Å². The molecule has 1 aliphatic carbocycles. The maximum Gasteiger partial charge on any atom is 0.270 e. The summed E-state index contributed by atoms with van der Waals surface area (Å²) in [6.07, 6.45) is 2.77. The predicted molar refractivity (Wildman–Crippen MR) is 74.7 cm³/mol. The number of rotatable bonds is 1. The van der Waals surface area contributed by atoms with Crippen molar-refractivity contribution in [2.45, 2.75) is 31.0 Å². The molecule has 1 aromatic rings. The van der Waals surface area contributed by atoms with Crippen LogP contribution in [0.25, 0.3) is 0 Å². The van der Waals surface area contributed by atoms with Gasteiger partial charge in [0.2, 0.25) is 5.91 Å². The van der Waals surface area contributed by atoms with Crippen molar-refractivity contribution in [3.63, 3.8) is 0 Å². The summed E-state index contributed by atoms with van der Waals surface area (Å²) in [5.41, 5.74) is 0.701. The van der Waals surface area contributed by atoms with Gasteiger partial charge in [0, 0.05) is 32.3 Å². The van der Waals surface area contributed by atoms with Crippen molar-refractivity contribution < 1.29 is 14.7 Å². The zero-order chi connectivity index (χ0) is 14.7. The number of carbonyl (C=O) groups excluding carboxylic acids is 2. The van der Waals surface area contributed by atoms with E-state index in [0.717, 1.165) is 0 Å². The van der Waals surface area contributed by atoms with E-state index in [1.165, 1.54) is 0 Å². The number of nitrogens with zero attached hydrogens (tertiary/aromatic N) is 3. The molecule has 0 radical (unpaired) electrons. The van der Waals surface area contributed by atoms with Crippen molar-refractivity contribution in [1.29, 1.82) is 0 Å². The summed E-state index contributed by atoms with van der Waals surface area (Å²) in [5, 5.41) is 9.37. The van der Waals surface area contributed by atoms with Gasteiger partial charge >= 0.3 is 0 Å². The molecule has 3 aliphatic rings. The van der Waals surface area contributed by atoms with Crippen molar-refractivity contribution in [2.24, 2.45) is 5.92 Å². The van der Waals surface area contributed by atoms with Crippen molar-refractivity contribution in [2.75, 3.05) is 20.1 Å². The second kappa shape index (κ2) is 4.34. The van der Waals surface area contributed by atoms with E-state index in [1.54, 1.807) is 4.90 Å². The Morgan fingerprint density at radius 3 is 2.71 bits per heavy atom. The minimum atomic E-state index is -0.316. The van der Waals surface area contributed by atoms with Crippen LogP contribution in [0, 0.1) is 5.92 Å². The highest BCUT2D eigenvalue weighted by Crippen LogP contribution is 2.36. The molecule has 2 amide bonds. The Morgan fingerprint density at radius 1 is 1.29 bits per heavy atom. The molecule has 21 heavy (non-hydrogen) atoms. The average Bonchev–Trinajstić information content (AvgIpc) is 3.06. The molecule has 6 heteroatoms. The fourth-order valence-corrected chi connectivity index (χ4v) is 3.85. The van der Waals surface area contributed by atoms with Crippen LogP contribution in [0.4, 0.5) is 0 Å². The minimum Gasteiger partial charge on any atom is -0.393 e. The summed E-state index contributed by atoms with van der Waals surface area (Å²) in [6.45, 7) is 1.24. The smallest absolute Gasteiger partial charge is 0.270 e. The molecular formula is C15H19N3O3. The first-order valence-electron chi connectivity index (χ1n) is 7.47. The van der Waals surface area contributed by atoms with E-state index in [0.29, 0.717) is 31.6 Å². The number of hydrogen-bond donors (Lipinski definition) is 1. The quantitative estimate of drug-likeness (QED) is 0.797. The Kier molecular flexibility index (Phi) is 2.66. The molecule has 1 saturated heterocycles. The van der Waals surface area contributed by atoms with Gasteiger partial charge in [0.15, 0.2) is 0 Å². The average molecular weight is 289 g/mol. The number of carbonyl (C=O) groups is 2.